The van der Waals surface area contributed by atoms with Crippen LogP contribution in [0, 0.1) is 0 Å². The lowest BCUT2D eigenvalue weighted by atomic mass is 10.1. The molecule has 0 saturated carbocycles. The molecule has 0 saturated heterocycles. The van der Waals surface area contributed by atoms with Gasteiger partial charge in [0.1, 0.15) is 0 Å². The molecule has 1 aromatic carbocycles. The Labute approximate surface area is 89.1 Å². The summed E-state index contributed by atoms with van der Waals surface area (Å²) in [5.41, 5.74) is 0.248. The molecule has 0 atom stereocenters. The van der Waals surface area contributed by atoms with Crippen molar-refractivity contribution in [3.05, 3.63) is 17.7 Å². The Hall–Kier alpha value is -1.71. The normalized spacial score (nSPS) is 8.80. The summed E-state index contributed by atoms with van der Waals surface area (Å²) in [6.45, 7) is 5.36. The maximum atomic E-state index is 11.0. The molecule has 0 radical (unpaired) electrons. The van der Waals surface area contributed by atoms with Crippen LogP contribution in [0.5, 0.6) is 17.2 Å². The van der Waals surface area contributed by atoms with Crippen LogP contribution < -0.4 is 4.74 Å². The van der Waals surface area contributed by atoms with E-state index in [4.69, 9.17) is 9.84 Å². The van der Waals surface area contributed by atoms with E-state index in [1.807, 2.05) is 13.8 Å². The first kappa shape index (κ1) is 13.3. The van der Waals surface area contributed by atoms with Crippen molar-refractivity contribution < 1.29 is 19.7 Å². The van der Waals surface area contributed by atoms with E-state index >= 15 is 0 Å². The van der Waals surface area contributed by atoms with Gasteiger partial charge in [-0.3, -0.25) is 4.79 Å². The number of Topliss-reactive ketones (excluding diaryl/α,β-unsaturated/α-hetero) is 1. The summed E-state index contributed by atoms with van der Waals surface area (Å²) in [6, 6.07) is 2.64. The predicted molar refractivity (Wildman–Crippen MR) is 57.7 cm³/mol. The number of benzene rings is 1. The number of aromatic hydroxyl groups is 2. The summed E-state index contributed by atoms with van der Waals surface area (Å²) in [5.74, 6) is -0.934. The Morgan fingerprint density at radius 1 is 1.27 bits per heavy atom. The van der Waals surface area contributed by atoms with Crippen molar-refractivity contribution >= 4 is 5.78 Å². The molecule has 0 amide bonds. The van der Waals surface area contributed by atoms with Crippen LogP contribution in [-0.2, 0) is 0 Å². The van der Waals surface area contributed by atoms with E-state index in [1.165, 1.54) is 26.2 Å². The first-order chi connectivity index (χ1) is 7.07. The van der Waals surface area contributed by atoms with E-state index in [2.05, 4.69) is 0 Å². The van der Waals surface area contributed by atoms with Crippen LogP contribution >= 0.6 is 0 Å². The number of carbonyl (C=O) groups excluding carboxylic acids is 1. The Balaban J connectivity index is 0.000000921. The number of ether oxygens (including phenoxy) is 1. The number of phenols is 2. The quantitative estimate of drug-likeness (QED) is 0.583. The van der Waals surface area contributed by atoms with Gasteiger partial charge in [-0.15, -0.1) is 0 Å². The molecule has 0 bridgehead atoms. The third kappa shape index (κ3) is 2.87. The van der Waals surface area contributed by atoms with Crippen LogP contribution in [-0.4, -0.2) is 23.1 Å². The Bertz CT molecular complexity index is 345. The lowest BCUT2D eigenvalue weighted by Gasteiger charge is -2.08. The number of phenolic OH excluding ortho intramolecular Hbond substituents is 2. The first-order valence-electron chi connectivity index (χ1n) is 4.67. The molecular weight excluding hydrogens is 196 g/mol. The van der Waals surface area contributed by atoms with Gasteiger partial charge in [0.2, 0.25) is 5.75 Å². The molecule has 0 aliphatic heterocycles. The van der Waals surface area contributed by atoms with Crippen molar-refractivity contribution in [2.45, 2.75) is 20.8 Å². The van der Waals surface area contributed by atoms with Gasteiger partial charge >= 0.3 is 0 Å². The number of methoxy groups -OCH3 is 1. The predicted octanol–water partition coefficient (Wildman–Crippen LogP) is 2.34. The van der Waals surface area contributed by atoms with Crippen molar-refractivity contribution in [2.75, 3.05) is 7.11 Å². The maximum absolute atomic E-state index is 11.0. The molecule has 0 heterocycles. The zero-order valence-electron chi connectivity index (χ0n) is 9.37. The van der Waals surface area contributed by atoms with Crippen molar-refractivity contribution in [3.63, 3.8) is 0 Å². The van der Waals surface area contributed by atoms with E-state index in [9.17, 15) is 9.90 Å². The van der Waals surface area contributed by atoms with Crippen molar-refractivity contribution in [2.24, 2.45) is 0 Å². The number of carbonyl (C=O) groups is 1. The second-order valence-electron chi connectivity index (χ2n) is 2.57. The monoisotopic (exact) mass is 212 g/mol. The molecule has 15 heavy (non-hydrogen) atoms. The van der Waals surface area contributed by atoms with Gasteiger partial charge in [-0.25, -0.2) is 0 Å². The fourth-order valence-corrected chi connectivity index (χ4v) is 1.04. The highest BCUT2D eigenvalue weighted by Crippen LogP contribution is 2.37. The van der Waals surface area contributed by atoms with Crippen LogP contribution in [0.4, 0.5) is 0 Å². The van der Waals surface area contributed by atoms with Gasteiger partial charge in [0.05, 0.1) is 12.7 Å². The topological polar surface area (TPSA) is 66.8 Å². The van der Waals surface area contributed by atoms with Gasteiger partial charge in [0.15, 0.2) is 17.3 Å². The van der Waals surface area contributed by atoms with Gasteiger partial charge in [0.25, 0.3) is 0 Å². The molecule has 0 aromatic heterocycles. The van der Waals surface area contributed by atoms with Gasteiger partial charge in [-0.2, -0.15) is 0 Å². The van der Waals surface area contributed by atoms with Crippen molar-refractivity contribution in [3.8, 4) is 17.2 Å². The average Bonchev–Trinajstić information content (AvgIpc) is 2.24. The van der Waals surface area contributed by atoms with Gasteiger partial charge < -0.3 is 14.9 Å². The molecule has 0 aliphatic carbocycles. The second kappa shape index (κ2) is 5.90. The zero-order chi connectivity index (χ0) is 12.0. The maximum Gasteiger partial charge on any atom is 0.201 e. The lowest BCUT2D eigenvalue weighted by Crippen LogP contribution is -1.97. The van der Waals surface area contributed by atoms with Crippen LogP contribution in [0.2, 0.25) is 0 Å². The first-order valence-corrected chi connectivity index (χ1v) is 4.67. The summed E-state index contributed by atoms with van der Waals surface area (Å²) in [5, 5.41) is 18.4. The minimum absolute atomic E-state index is 0.00694. The fraction of sp³-hybridized carbons (Fsp3) is 0.364. The Morgan fingerprint density at radius 2 is 1.80 bits per heavy atom. The van der Waals surface area contributed by atoms with Crippen LogP contribution in [0.3, 0.4) is 0 Å². The SMILES string of the molecule is CC.COc1c(C(C)=O)ccc(O)c1O. The third-order valence-electron chi connectivity index (χ3n) is 1.69. The number of hydrogen-bond acceptors (Lipinski definition) is 4. The van der Waals surface area contributed by atoms with Gasteiger partial charge in [0, 0.05) is 0 Å². The number of rotatable bonds is 2. The van der Waals surface area contributed by atoms with Crippen LogP contribution in [0.15, 0.2) is 12.1 Å². The molecule has 2 N–H and O–H groups in total. The van der Waals surface area contributed by atoms with Gasteiger partial charge in [-0.1, -0.05) is 13.8 Å². The Kier molecular flexibility index (Phi) is 5.23. The number of ketones is 1. The van der Waals surface area contributed by atoms with Gasteiger partial charge in [-0.05, 0) is 19.1 Å². The van der Waals surface area contributed by atoms with E-state index in [0.29, 0.717) is 0 Å². The molecule has 0 spiro atoms. The Morgan fingerprint density at radius 3 is 2.20 bits per heavy atom. The van der Waals surface area contributed by atoms with E-state index in [-0.39, 0.29) is 22.8 Å². The summed E-state index contributed by atoms with van der Waals surface area (Å²) >= 11 is 0. The smallest absolute Gasteiger partial charge is 0.201 e. The third-order valence-corrected chi connectivity index (χ3v) is 1.69. The molecule has 0 fully saturated rings. The second-order valence-corrected chi connectivity index (χ2v) is 2.57. The average molecular weight is 212 g/mol. The summed E-state index contributed by atoms with van der Waals surface area (Å²) in [6.07, 6.45) is 0. The minimum atomic E-state index is -0.407. The molecule has 4 heteroatoms. The molecule has 4 nitrogen and oxygen atoms in total. The van der Waals surface area contributed by atoms with Crippen molar-refractivity contribution in [1.29, 1.82) is 0 Å². The molecule has 1 rings (SSSR count). The lowest BCUT2D eigenvalue weighted by molar-refractivity contribution is 0.101. The zero-order valence-corrected chi connectivity index (χ0v) is 9.37. The van der Waals surface area contributed by atoms with E-state index in [1.54, 1.807) is 0 Å². The van der Waals surface area contributed by atoms with Crippen molar-refractivity contribution in [1.82, 2.24) is 0 Å². The fourth-order valence-electron chi connectivity index (χ4n) is 1.04. The highest BCUT2D eigenvalue weighted by molar-refractivity contribution is 5.98. The molecular formula is C11H16O4. The highest BCUT2D eigenvalue weighted by atomic mass is 16.5. The summed E-state index contributed by atoms with van der Waals surface area (Å²) in [7, 11) is 1.32. The van der Waals surface area contributed by atoms with E-state index in [0.717, 1.165) is 0 Å². The summed E-state index contributed by atoms with van der Waals surface area (Å²) in [4.78, 5) is 11.0. The largest absolute Gasteiger partial charge is 0.504 e. The standard InChI is InChI=1S/C9H10O4.C2H6/c1-5(10)6-3-4-7(11)8(12)9(6)13-2;1-2/h3-4,11-12H,1-2H3;1-2H3. The van der Waals surface area contributed by atoms with Crippen LogP contribution in [0.1, 0.15) is 31.1 Å². The number of hydrogen-bond donors (Lipinski definition) is 2. The van der Waals surface area contributed by atoms with E-state index < -0.39 is 5.75 Å². The molecule has 84 valence electrons. The van der Waals surface area contributed by atoms with Crippen LogP contribution in [0.25, 0.3) is 0 Å². The highest BCUT2D eigenvalue weighted by Gasteiger charge is 2.15. The molecule has 0 aliphatic rings. The molecule has 0 unspecified atom stereocenters. The minimum Gasteiger partial charge on any atom is -0.504 e. The summed E-state index contributed by atoms with van der Waals surface area (Å²) < 4.78 is 4.79. The molecule has 1 aromatic rings.